The fourth-order valence-corrected chi connectivity index (χ4v) is 1.06. The smallest absolute Gasteiger partial charge is 0.0227 e. The number of rotatable bonds is 6. The molecule has 0 amide bonds. The summed E-state index contributed by atoms with van der Waals surface area (Å²) in [5.74, 6) is 0.0387. The third-order valence-electron chi connectivity index (χ3n) is 0.891. The molecule has 0 radical (unpaired) electrons. The summed E-state index contributed by atoms with van der Waals surface area (Å²) in [6.07, 6.45) is 0. The van der Waals surface area contributed by atoms with Crippen molar-refractivity contribution in [1.82, 2.24) is 5.32 Å². The molecule has 68 valence electrons. The molecule has 0 aliphatic rings. The summed E-state index contributed by atoms with van der Waals surface area (Å²) in [5, 5.41) is 2.66. The van der Waals surface area contributed by atoms with Gasteiger partial charge in [-0.15, -0.1) is 0 Å². The minimum atomic E-state index is -2.05. The highest BCUT2D eigenvalue weighted by atomic mass is 32.2. The van der Waals surface area contributed by atoms with Gasteiger partial charge in [-0.05, 0) is 0 Å². The molecule has 1 N–H and O–H groups in total. The first-order chi connectivity index (χ1) is 5.13. The maximum Gasteiger partial charge on any atom is 0.0227 e. The van der Waals surface area contributed by atoms with E-state index in [0.29, 0.717) is 13.1 Å². The second kappa shape index (κ2) is 6.86. The van der Waals surface area contributed by atoms with E-state index in [2.05, 4.69) is 5.32 Å². The van der Waals surface area contributed by atoms with E-state index < -0.39 is 22.2 Å². The van der Waals surface area contributed by atoms with Gasteiger partial charge in [-0.25, -0.2) is 0 Å². The average Bonchev–Trinajstić information content (AvgIpc) is 1.85. The zero-order valence-electron chi connectivity index (χ0n) is 5.78. The first-order valence-corrected chi connectivity index (χ1v) is 5.44. The molecule has 0 aromatic carbocycles. The van der Waals surface area contributed by atoms with Crippen molar-refractivity contribution < 1.29 is 17.5 Å². The predicted molar refractivity (Wildman–Crippen MR) is 40.4 cm³/mol. The van der Waals surface area contributed by atoms with Gasteiger partial charge in [-0.1, -0.05) is 22.2 Å². The Balaban J connectivity index is 3.03. The van der Waals surface area contributed by atoms with Crippen molar-refractivity contribution in [3.63, 3.8) is 0 Å². The van der Waals surface area contributed by atoms with Crippen LogP contribution in [0.15, 0.2) is 0 Å². The van der Waals surface area contributed by atoms with Gasteiger partial charge in [-0.2, -0.15) is 0 Å². The molecule has 0 bridgehead atoms. The highest BCUT2D eigenvalue weighted by molar-refractivity contribution is 7.79. The van der Waals surface area contributed by atoms with Crippen LogP contribution in [0.5, 0.6) is 0 Å². The SMILES string of the molecule is O=S([O-])CCNCCS(=O)[O-]. The molecule has 2 unspecified atom stereocenters. The highest BCUT2D eigenvalue weighted by Crippen LogP contribution is 1.72. The van der Waals surface area contributed by atoms with Gasteiger partial charge in [0.15, 0.2) is 0 Å². The molecule has 7 heteroatoms. The van der Waals surface area contributed by atoms with Crippen LogP contribution in [0, 0.1) is 0 Å². The number of hydrogen-bond acceptors (Lipinski definition) is 5. The summed E-state index contributed by atoms with van der Waals surface area (Å²) in [4.78, 5) is 0. The average molecular weight is 199 g/mol. The quantitative estimate of drug-likeness (QED) is 0.408. The van der Waals surface area contributed by atoms with E-state index in [1.807, 2.05) is 0 Å². The monoisotopic (exact) mass is 199 g/mol. The molecular formula is C4H9NO4S2-2. The van der Waals surface area contributed by atoms with Gasteiger partial charge < -0.3 is 14.4 Å². The van der Waals surface area contributed by atoms with Gasteiger partial charge in [0.2, 0.25) is 0 Å². The van der Waals surface area contributed by atoms with E-state index in [1.165, 1.54) is 0 Å². The lowest BCUT2D eigenvalue weighted by Crippen LogP contribution is -2.24. The summed E-state index contributed by atoms with van der Waals surface area (Å²) >= 11 is -4.09. The van der Waals surface area contributed by atoms with Crippen LogP contribution in [0.3, 0.4) is 0 Å². The zero-order valence-corrected chi connectivity index (χ0v) is 7.41. The third-order valence-corrected chi connectivity index (χ3v) is 1.97. The van der Waals surface area contributed by atoms with E-state index in [4.69, 9.17) is 0 Å². The van der Waals surface area contributed by atoms with Crippen molar-refractivity contribution in [3.05, 3.63) is 0 Å². The zero-order chi connectivity index (χ0) is 8.69. The predicted octanol–water partition coefficient (Wildman–Crippen LogP) is -1.67. The van der Waals surface area contributed by atoms with Gasteiger partial charge in [-0.3, -0.25) is 8.42 Å². The van der Waals surface area contributed by atoms with E-state index >= 15 is 0 Å². The maximum absolute atomic E-state index is 9.93. The van der Waals surface area contributed by atoms with Crippen molar-refractivity contribution in [2.45, 2.75) is 0 Å². The van der Waals surface area contributed by atoms with E-state index in [-0.39, 0.29) is 11.5 Å². The van der Waals surface area contributed by atoms with Gasteiger partial charge in [0, 0.05) is 24.6 Å². The van der Waals surface area contributed by atoms with Gasteiger partial charge >= 0.3 is 0 Å². The van der Waals surface area contributed by atoms with Crippen LogP contribution in [0.4, 0.5) is 0 Å². The van der Waals surface area contributed by atoms with Gasteiger partial charge in [0.1, 0.15) is 0 Å². The van der Waals surface area contributed by atoms with Crippen LogP contribution >= 0.6 is 0 Å². The maximum atomic E-state index is 9.93. The topological polar surface area (TPSA) is 92.3 Å². The van der Waals surface area contributed by atoms with Crippen LogP contribution in [0.25, 0.3) is 0 Å². The molecule has 0 saturated carbocycles. The summed E-state index contributed by atoms with van der Waals surface area (Å²) in [5.41, 5.74) is 0. The van der Waals surface area contributed by atoms with Crippen molar-refractivity contribution >= 4 is 22.2 Å². The molecule has 0 spiro atoms. The Morgan fingerprint density at radius 1 is 1.00 bits per heavy atom. The first kappa shape index (κ1) is 11.2. The minimum absolute atomic E-state index is 0.0193. The highest BCUT2D eigenvalue weighted by Gasteiger charge is 1.87. The second-order valence-electron chi connectivity index (χ2n) is 1.77. The first-order valence-electron chi connectivity index (χ1n) is 2.95. The number of nitrogens with one attached hydrogen (secondary N) is 1. The van der Waals surface area contributed by atoms with Crippen molar-refractivity contribution in [3.8, 4) is 0 Å². The Hall–Kier alpha value is 0.180. The molecule has 0 aliphatic carbocycles. The number of hydrogen-bond donors (Lipinski definition) is 1. The van der Waals surface area contributed by atoms with Crippen molar-refractivity contribution in [1.29, 1.82) is 0 Å². The fraction of sp³-hybridized carbons (Fsp3) is 1.00. The Morgan fingerprint density at radius 3 is 1.64 bits per heavy atom. The van der Waals surface area contributed by atoms with Crippen LogP contribution in [-0.4, -0.2) is 42.1 Å². The molecule has 0 aliphatic heterocycles. The lowest BCUT2D eigenvalue weighted by atomic mass is 10.7. The molecule has 5 nitrogen and oxygen atoms in total. The second-order valence-corrected chi connectivity index (χ2v) is 3.80. The Morgan fingerprint density at radius 2 is 1.36 bits per heavy atom. The Labute approximate surface area is 70.1 Å². The van der Waals surface area contributed by atoms with Crippen LogP contribution in [0.2, 0.25) is 0 Å². The summed E-state index contributed by atoms with van der Waals surface area (Å²) in [7, 11) is 0. The van der Waals surface area contributed by atoms with E-state index in [1.54, 1.807) is 0 Å². The molecule has 2 atom stereocenters. The van der Waals surface area contributed by atoms with Gasteiger partial charge in [0.05, 0.1) is 0 Å². The molecular weight excluding hydrogens is 190 g/mol. The minimum Gasteiger partial charge on any atom is -0.772 e. The Bertz CT molecular complexity index is 135. The standard InChI is InChI=1S/C4H11NO4S2/c6-10(7)3-1-5-2-4-11(8)9/h5H,1-4H2,(H,6,7)(H,8,9)/p-2. The Kier molecular flexibility index (Phi) is 6.98. The van der Waals surface area contributed by atoms with Crippen LogP contribution in [-0.2, 0) is 22.2 Å². The third kappa shape index (κ3) is 10.2. The molecule has 0 aromatic heterocycles. The van der Waals surface area contributed by atoms with Crippen LogP contribution in [0.1, 0.15) is 0 Å². The molecule has 11 heavy (non-hydrogen) atoms. The fourth-order valence-electron chi connectivity index (χ4n) is 0.436. The van der Waals surface area contributed by atoms with Crippen molar-refractivity contribution in [2.24, 2.45) is 0 Å². The largest absolute Gasteiger partial charge is 0.772 e. The lowest BCUT2D eigenvalue weighted by molar-refractivity contribution is 0.531. The van der Waals surface area contributed by atoms with Gasteiger partial charge in [0.25, 0.3) is 0 Å². The summed E-state index contributed by atoms with van der Waals surface area (Å²) < 4.78 is 39.7. The summed E-state index contributed by atoms with van der Waals surface area (Å²) in [6.45, 7) is 0.598. The van der Waals surface area contributed by atoms with Crippen LogP contribution < -0.4 is 5.32 Å². The lowest BCUT2D eigenvalue weighted by Gasteiger charge is -2.07. The van der Waals surface area contributed by atoms with Crippen molar-refractivity contribution in [2.75, 3.05) is 24.6 Å². The summed E-state index contributed by atoms with van der Waals surface area (Å²) in [6, 6.07) is 0. The molecule has 0 rings (SSSR count). The van der Waals surface area contributed by atoms with E-state index in [9.17, 15) is 17.5 Å². The molecule has 0 heterocycles. The normalized spacial score (nSPS) is 16.2. The molecule has 0 aromatic rings. The van der Waals surface area contributed by atoms with E-state index in [0.717, 1.165) is 0 Å². The molecule has 0 saturated heterocycles. The molecule has 0 fully saturated rings.